The Morgan fingerprint density at radius 1 is 1.37 bits per heavy atom. The summed E-state index contributed by atoms with van der Waals surface area (Å²) >= 11 is 5.84. The van der Waals surface area contributed by atoms with Crippen molar-refractivity contribution in [3.63, 3.8) is 0 Å². The Morgan fingerprint density at radius 2 is 2.11 bits per heavy atom. The normalized spacial score (nSPS) is 17.1. The quantitative estimate of drug-likeness (QED) is 0.681. The lowest BCUT2D eigenvalue weighted by Crippen LogP contribution is -2.32. The zero-order valence-electron chi connectivity index (χ0n) is 14.2. The zero-order chi connectivity index (χ0) is 19.1. The molecule has 0 saturated carbocycles. The molecule has 2 aromatic heterocycles. The summed E-state index contributed by atoms with van der Waals surface area (Å²) in [7, 11) is 1.55. The number of benzene rings is 1. The van der Waals surface area contributed by atoms with Crippen molar-refractivity contribution < 1.29 is 14.4 Å². The Hall–Kier alpha value is -2.75. The summed E-state index contributed by atoms with van der Waals surface area (Å²) in [5, 5.41) is 14.7. The molecule has 27 heavy (non-hydrogen) atoms. The van der Waals surface area contributed by atoms with Crippen molar-refractivity contribution in [3.05, 3.63) is 78.7 Å². The van der Waals surface area contributed by atoms with E-state index in [-0.39, 0.29) is 30.3 Å². The van der Waals surface area contributed by atoms with Gasteiger partial charge in [0.15, 0.2) is 11.9 Å². The van der Waals surface area contributed by atoms with E-state index in [1.165, 1.54) is 4.57 Å². The van der Waals surface area contributed by atoms with Gasteiger partial charge in [-0.2, -0.15) is 4.98 Å². The minimum Gasteiger partial charge on any atom is -0.388 e. The van der Waals surface area contributed by atoms with Crippen LogP contribution in [0.15, 0.2) is 38.4 Å². The summed E-state index contributed by atoms with van der Waals surface area (Å²) < 4.78 is 12.1. The molecule has 3 heterocycles. The van der Waals surface area contributed by atoms with E-state index in [9.17, 15) is 14.7 Å². The molecule has 4 rings (SSSR count). The Bertz CT molecular complexity index is 1100. The number of aromatic nitrogens is 4. The Labute approximate surface area is 157 Å². The molecule has 0 fully saturated rings. The van der Waals surface area contributed by atoms with Gasteiger partial charge in [-0.15, -0.1) is 0 Å². The molecule has 0 aliphatic carbocycles. The number of nitrogens with zero attached hydrogens (tertiary/aromatic N) is 3. The van der Waals surface area contributed by atoms with Gasteiger partial charge in [-0.25, -0.2) is 4.79 Å². The highest BCUT2D eigenvalue weighted by Crippen LogP contribution is 2.32. The summed E-state index contributed by atoms with van der Waals surface area (Å²) in [6.07, 6.45) is -1.58. The molecule has 0 bridgehead atoms. The van der Waals surface area contributed by atoms with E-state index in [1.54, 1.807) is 31.3 Å². The van der Waals surface area contributed by atoms with E-state index in [4.69, 9.17) is 20.9 Å². The number of hydrogen-bond donors (Lipinski definition) is 2. The monoisotopic (exact) mass is 390 g/mol. The second-order valence-corrected chi connectivity index (χ2v) is 6.63. The Morgan fingerprint density at radius 3 is 2.85 bits per heavy atom. The fraction of sp³-hybridized carbons (Fsp3) is 0.294. The summed E-state index contributed by atoms with van der Waals surface area (Å²) in [5.41, 5.74) is 0.344. The van der Waals surface area contributed by atoms with Crippen molar-refractivity contribution in [2.24, 2.45) is 7.05 Å². The molecule has 2 N–H and O–H groups in total. The minimum absolute atomic E-state index is 0.0841. The predicted molar refractivity (Wildman–Crippen MR) is 93.3 cm³/mol. The van der Waals surface area contributed by atoms with Gasteiger partial charge < -0.3 is 14.4 Å². The highest BCUT2D eigenvalue weighted by molar-refractivity contribution is 6.30. The van der Waals surface area contributed by atoms with Crippen molar-refractivity contribution in [2.75, 3.05) is 0 Å². The van der Waals surface area contributed by atoms with Crippen molar-refractivity contribution in [2.45, 2.75) is 25.2 Å². The third-order valence-corrected chi connectivity index (χ3v) is 4.73. The molecule has 2 atom stereocenters. The number of H-pyrrole nitrogens is 1. The van der Waals surface area contributed by atoms with E-state index in [1.807, 2.05) is 0 Å². The maximum absolute atomic E-state index is 12.2. The van der Waals surface area contributed by atoms with Gasteiger partial charge in [-0.05, 0) is 17.7 Å². The highest BCUT2D eigenvalue weighted by Gasteiger charge is 2.34. The average Bonchev–Trinajstić information content (AvgIpc) is 3.27. The van der Waals surface area contributed by atoms with E-state index in [0.29, 0.717) is 16.3 Å². The number of hydrogen-bond acceptors (Lipinski definition) is 7. The average molecular weight is 391 g/mol. The van der Waals surface area contributed by atoms with Crippen molar-refractivity contribution in [3.8, 4) is 0 Å². The van der Waals surface area contributed by atoms with Crippen LogP contribution in [0.2, 0.25) is 5.02 Å². The van der Waals surface area contributed by atoms with Gasteiger partial charge in [0.25, 0.3) is 11.4 Å². The van der Waals surface area contributed by atoms with Gasteiger partial charge in [0.1, 0.15) is 0 Å². The molecule has 9 nitrogen and oxygen atoms in total. The van der Waals surface area contributed by atoms with E-state index >= 15 is 0 Å². The van der Waals surface area contributed by atoms with Crippen molar-refractivity contribution in [1.82, 2.24) is 19.7 Å². The first-order chi connectivity index (χ1) is 12.9. The molecule has 140 valence electrons. The molecular weight excluding hydrogens is 376 g/mol. The standard InChI is InChI=1S/C17H15ClN4O5/c1-22-10-7-26-14(13(10)15(24)20-17(22)25)16-19-12(21-27-16)6-11(23)8-2-4-9(18)5-3-8/h2-5,11,14,23H,6-7H2,1H3,(H,20,24,25)/t11-,14?/m0/s1. The summed E-state index contributed by atoms with van der Waals surface area (Å²) in [6, 6.07) is 6.79. The van der Waals surface area contributed by atoms with Gasteiger partial charge >= 0.3 is 5.69 Å². The first kappa shape index (κ1) is 17.7. The molecular formula is C17H15ClN4O5. The molecule has 1 aromatic carbocycles. The number of fused-ring (bicyclic) bond motifs is 1. The van der Waals surface area contributed by atoms with Crippen LogP contribution in [0.3, 0.4) is 0 Å². The fourth-order valence-corrected chi connectivity index (χ4v) is 3.13. The largest absolute Gasteiger partial charge is 0.388 e. The van der Waals surface area contributed by atoms with Crippen LogP contribution < -0.4 is 11.2 Å². The number of aromatic amines is 1. The molecule has 1 aliphatic heterocycles. The fourth-order valence-electron chi connectivity index (χ4n) is 3.00. The van der Waals surface area contributed by atoms with E-state index in [0.717, 1.165) is 0 Å². The second kappa shape index (κ2) is 6.76. The minimum atomic E-state index is -0.857. The lowest BCUT2D eigenvalue weighted by Gasteiger charge is -2.08. The van der Waals surface area contributed by atoms with Crippen molar-refractivity contribution in [1.29, 1.82) is 0 Å². The lowest BCUT2D eigenvalue weighted by atomic mass is 10.1. The SMILES string of the molecule is Cn1c2c(c(=O)[nH]c1=O)C(c1nc(C[C@H](O)c3ccc(Cl)cc3)no1)OC2. The van der Waals surface area contributed by atoms with Crippen LogP contribution in [0, 0.1) is 0 Å². The zero-order valence-corrected chi connectivity index (χ0v) is 14.9. The summed E-state index contributed by atoms with van der Waals surface area (Å²) in [5.74, 6) is 0.363. The maximum atomic E-state index is 12.2. The first-order valence-electron chi connectivity index (χ1n) is 8.13. The molecule has 0 radical (unpaired) electrons. The number of rotatable bonds is 4. The van der Waals surface area contributed by atoms with Gasteiger partial charge in [-0.1, -0.05) is 28.9 Å². The number of aliphatic hydroxyl groups is 1. The van der Waals surface area contributed by atoms with Crippen LogP contribution in [0.1, 0.15) is 40.7 Å². The predicted octanol–water partition coefficient (Wildman–Crippen LogP) is 1.01. The first-order valence-corrected chi connectivity index (χ1v) is 8.51. The number of halogens is 1. The molecule has 1 unspecified atom stereocenters. The number of nitrogens with one attached hydrogen (secondary N) is 1. The van der Waals surface area contributed by atoms with Gasteiger partial charge in [-0.3, -0.25) is 14.3 Å². The van der Waals surface area contributed by atoms with Gasteiger partial charge in [0, 0.05) is 18.5 Å². The molecule has 1 aliphatic rings. The third kappa shape index (κ3) is 3.20. The molecule has 3 aromatic rings. The second-order valence-electron chi connectivity index (χ2n) is 6.19. The Balaban J connectivity index is 1.58. The van der Waals surface area contributed by atoms with Crippen LogP contribution in [-0.2, 0) is 24.8 Å². The van der Waals surface area contributed by atoms with Crippen LogP contribution in [0.4, 0.5) is 0 Å². The lowest BCUT2D eigenvalue weighted by molar-refractivity contribution is 0.0681. The third-order valence-electron chi connectivity index (χ3n) is 4.47. The molecule has 0 amide bonds. The smallest absolute Gasteiger partial charge is 0.328 e. The van der Waals surface area contributed by atoms with Crippen LogP contribution in [0.25, 0.3) is 0 Å². The number of ether oxygens (including phenoxy) is 1. The number of aliphatic hydroxyl groups excluding tert-OH is 1. The highest BCUT2D eigenvalue weighted by atomic mass is 35.5. The summed E-state index contributed by atoms with van der Waals surface area (Å²) in [6.45, 7) is 0.0841. The Kier molecular flexibility index (Phi) is 4.42. The maximum Gasteiger partial charge on any atom is 0.328 e. The van der Waals surface area contributed by atoms with Crippen molar-refractivity contribution >= 4 is 11.6 Å². The van der Waals surface area contributed by atoms with Crippen LogP contribution in [-0.4, -0.2) is 24.8 Å². The molecule has 10 heteroatoms. The van der Waals surface area contributed by atoms with E-state index < -0.39 is 23.5 Å². The van der Waals surface area contributed by atoms with Crippen LogP contribution in [0.5, 0.6) is 0 Å². The topological polar surface area (TPSA) is 123 Å². The molecule has 0 saturated heterocycles. The van der Waals surface area contributed by atoms with Gasteiger partial charge in [0.2, 0.25) is 0 Å². The summed E-state index contributed by atoms with van der Waals surface area (Å²) in [4.78, 5) is 30.3. The van der Waals surface area contributed by atoms with E-state index in [2.05, 4.69) is 15.1 Å². The molecule has 0 spiro atoms. The van der Waals surface area contributed by atoms with Gasteiger partial charge in [0.05, 0.1) is 24.0 Å². The van der Waals surface area contributed by atoms with Crippen LogP contribution >= 0.6 is 11.6 Å².